The molecule has 0 aromatic carbocycles. The zero-order valence-corrected chi connectivity index (χ0v) is 10.9. The van der Waals surface area contributed by atoms with E-state index in [2.05, 4.69) is 25.1 Å². The Hall–Kier alpha value is -0.830. The molecule has 0 spiro atoms. The number of rotatable bonds is 7. The van der Waals surface area contributed by atoms with Crippen LogP contribution < -0.4 is 5.73 Å². The van der Waals surface area contributed by atoms with E-state index in [0.29, 0.717) is 0 Å². The molecule has 2 N–H and O–H groups in total. The van der Waals surface area contributed by atoms with E-state index in [1.165, 1.54) is 24.8 Å². The topological polar surface area (TPSA) is 43.8 Å². The lowest BCUT2D eigenvalue weighted by Gasteiger charge is -2.31. The maximum Gasteiger partial charge on any atom is 0.0521 e. The van der Waals surface area contributed by atoms with E-state index >= 15 is 0 Å². The molecule has 0 bridgehead atoms. The third-order valence-electron chi connectivity index (χ3n) is 3.58. The van der Waals surface area contributed by atoms with E-state index in [4.69, 9.17) is 5.73 Å². The molecule has 16 heavy (non-hydrogen) atoms. The average Bonchev–Trinajstić information content (AvgIpc) is 2.70. The molecule has 1 rings (SSSR count). The maximum absolute atomic E-state index is 5.99. The summed E-state index contributed by atoms with van der Waals surface area (Å²) in [6.45, 7) is 5.26. The Balaban J connectivity index is 2.69. The van der Waals surface area contributed by atoms with Gasteiger partial charge in [-0.25, -0.2) is 0 Å². The van der Waals surface area contributed by atoms with Gasteiger partial charge in [-0.3, -0.25) is 4.68 Å². The summed E-state index contributed by atoms with van der Waals surface area (Å²) in [6.07, 6.45) is 10.0. The number of nitrogens with two attached hydrogens (primary N) is 1. The van der Waals surface area contributed by atoms with E-state index in [9.17, 15) is 0 Å². The van der Waals surface area contributed by atoms with Gasteiger partial charge in [0.05, 0.1) is 6.20 Å². The number of hydrogen-bond donors (Lipinski definition) is 1. The lowest BCUT2D eigenvalue weighted by molar-refractivity contribution is 0.251. The molecule has 1 unspecified atom stereocenters. The molecule has 1 aromatic rings. The zero-order valence-electron chi connectivity index (χ0n) is 10.9. The Kier molecular flexibility index (Phi) is 5.00. The van der Waals surface area contributed by atoms with Crippen molar-refractivity contribution in [2.45, 2.75) is 46.0 Å². The second kappa shape index (κ2) is 6.04. The van der Waals surface area contributed by atoms with E-state index in [0.717, 1.165) is 19.4 Å². The van der Waals surface area contributed by atoms with Crippen molar-refractivity contribution in [1.29, 1.82) is 0 Å². The molecule has 0 saturated carbocycles. The maximum atomic E-state index is 5.99. The van der Waals surface area contributed by atoms with Gasteiger partial charge in [0.1, 0.15) is 0 Å². The summed E-state index contributed by atoms with van der Waals surface area (Å²) in [4.78, 5) is 0. The van der Waals surface area contributed by atoms with Crippen molar-refractivity contribution >= 4 is 0 Å². The molecule has 0 aliphatic carbocycles. The minimum Gasteiger partial charge on any atom is -0.330 e. The van der Waals surface area contributed by atoms with Crippen LogP contribution >= 0.6 is 0 Å². The molecule has 3 heteroatoms. The van der Waals surface area contributed by atoms with Crippen LogP contribution in [0, 0.1) is 5.41 Å². The van der Waals surface area contributed by atoms with Crippen LogP contribution in [-0.2, 0) is 13.5 Å². The smallest absolute Gasteiger partial charge is 0.0521 e. The lowest BCUT2D eigenvalue weighted by atomic mass is 9.76. The van der Waals surface area contributed by atoms with Crippen LogP contribution in [0.4, 0.5) is 0 Å². The number of aryl methyl sites for hydroxylation is 1. The first-order valence-electron chi connectivity index (χ1n) is 6.33. The lowest BCUT2D eigenvalue weighted by Crippen LogP contribution is -2.32. The summed E-state index contributed by atoms with van der Waals surface area (Å²) in [5, 5.41) is 4.23. The third-order valence-corrected chi connectivity index (χ3v) is 3.58. The summed E-state index contributed by atoms with van der Waals surface area (Å²) in [6, 6.07) is 0. The highest BCUT2D eigenvalue weighted by molar-refractivity contribution is 5.07. The highest BCUT2D eigenvalue weighted by atomic mass is 15.2. The van der Waals surface area contributed by atoms with Gasteiger partial charge in [-0.2, -0.15) is 5.10 Å². The fourth-order valence-electron chi connectivity index (χ4n) is 2.26. The van der Waals surface area contributed by atoms with E-state index in [1.54, 1.807) is 0 Å². The largest absolute Gasteiger partial charge is 0.330 e. The standard InChI is InChI=1S/C13H25N3/c1-4-6-7-13(5-2,11-14)8-12-9-15-16(3)10-12/h9-10H,4-8,11,14H2,1-3H3. The Morgan fingerprint density at radius 2 is 2.19 bits per heavy atom. The molecule has 92 valence electrons. The molecule has 0 saturated heterocycles. The van der Waals surface area contributed by atoms with Crippen molar-refractivity contribution in [3.8, 4) is 0 Å². The Morgan fingerprint density at radius 1 is 1.44 bits per heavy atom. The van der Waals surface area contributed by atoms with Gasteiger partial charge in [-0.05, 0) is 36.8 Å². The predicted octanol–water partition coefficient (Wildman–Crippen LogP) is 2.51. The fraction of sp³-hybridized carbons (Fsp3) is 0.769. The molecule has 1 aromatic heterocycles. The summed E-state index contributed by atoms with van der Waals surface area (Å²) < 4.78 is 1.87. The molecule has 3 nitrogen and oxygen atoms in total. The third kappa shape index (κ3) is 3.34. The Bertz CT molecular complexity index is 300. The van der Waals surface area contributed by atoms with Crippen molar-refractivity contribution < 1.29 is 0 Å². The van der Waals surface area contributed by atoms with Gasteiger partial charge in [0.2, 0.25) is 0 Å². The molecule has 0 aliphatic rings. The number of nitrogens with zero attached hydrogens (tertiary/aromatic N) is 2. The Morgan fingerprint density at radius 3 is 2.62 bits per heavy atom. The monoisotopic (exact) mass is 223 g/mol. The van der Waals surface area contributed by atoms with Gasteiger partial charge >= 0.3 is 0 Å². The summed E-state index contributed by atoms with van der Waals surface area (Å²) in [7, 11) is 1.96. The van der Waals surface area contributed by atoms with Crippen molar-refractivity contribution in [2.24, 2.45) is 18.2 Å². The Labute approximate surface area is 99.0 Å². The molecule has 1 heterocycles. The van der Waals surface area contributed by atoms with Gasteiger partial charge in [-0.1, -0.05) is 26.7 Å². The van der Waals surface area contributed by atoms with Crippen LogP contribution in [-0.4, -0.2) is 16.3 Å². The molecule has 1 atom stereocenters. The number of aromatic nitrogens is 2. The molecule has 0 fully saturated rings. The number of hydrogen-bond acceptors (Lipinski definition) is 2. The van der Waals surface area contributed by atoms with Crippen molar-refractivity contribution in [1.82, 2.24) is 9.78 Å². The zero-order chi connectivity index (χ0) is 12.0. The van der Waals surface area contributed by atoms with E-state index in [-0.39, 0.29) is 5.41 Å². The summed E-state index contributed by atoms with van der Waals surface area (Å²) in [5.41, 5.74) is 7.57. The van der Waals surface area contributed by atoms with Crippen LogP contribution in [0.25, 0.3) is 0 Å². The molecular weight excluding hydrogens is 198 g/mol. The molecule has 0 radical (unpaired) electrons. The van der Waals surface area contributed by atoms with Crippen LogP contribution in [0.15, 0.2) is 12.4 Å². The van der Waals surface area contributed by atoms with Crippen LogP contribution in [0.2, 0.25) is 0 Å². The van der Waals surface area contributed by atoms with Crippen molar-refractivity contribution in [3.63, 3.8) is 0 Å². The van der Waals surface area contributed by atoms with Gasteiger partial charge in [0, 0.05) is 13.2 Å². The van der Waals surface area contributed by atoms with Crippen LogP contribution in [0.5, 0.6) is 0 Å². The highest BCUT2D eigenvalue weighted by Gasteiger charge is 2.26. The van der Waals surface area contributed by atoms with Crippen LogP contribution in [0.3, 0.4) is 0 Å². The minimum atomic E-state index is 0.277. The van der Waals surface area contributed by atoms with Crippen LogP contribution in [0.1, 0.15) is 45.1 Å². The first kappa shape index (κ1) is 13.2. The van der Waals surface area contributed by atoms with Crippen molar-refractivity contribution in [2.75, 3.05) is 6.54 Å². The summed E-state index contributed by atoms with van der Waals surface area (Å²) >= 11 is 0. The van der Waals surface area contributed by atoms with Crippen molar-refractivity contribution in [3.05, 3.63) is 18.0 Å². The molecule has 0 amide bonds. The first-order chi connectivity index (χ1) is 7.65. The van der Waals surface area contributed by atoms with Gasteiger partial charge in [0.25, 0.3) is 0 Å². The molecular formula is C13H25N3. The van der Waals surface area contributed by atoms with E-state index < -0.39 is 0 Å². The fourth-order valence-corrected chi connectivity index (χ4v) is 2.26. The van der Waals surface area contributed by atoms with E-state index in [1.807, 2.05) is 17.9 Å². The second-order valence-corrected chi connectivity index (χ2v) is 4.86. The highest BCUT2D eigenvalue weighted by Crippen LogP contribution is 2.31. The SMILES string of the molecule is CCCCC(CC)(CN)Cc1cnn(C)c1. The quantitative estimate of drug-likeness (QED) is 0.772. The predicted molar refractivity (Wildman–Crippen MR) is 68.2 cm³/mol. The first-order valence-corrected chi connectivity index (χ1v) is 6.33. The van der Waals surface area contributed by atoms with Gasteiger partial charge in [-0.15, -0.1) is 0 Å². The summed E-state index contributed by atoms with van der Waals surface area (Å²) in [5.74, 6) is 0. The normalized spacial score (nSPS) is 15.0. The second-order valence-electron chi connectivity index (χ2n) is 4.86. The minimum absolute atomic E-state index is 0.277. The van der Waals surface area contributed by atoms with Gasteiger partial charge < -0.3 is 5.73 Å². The van der Waals surface area contributed by atoms with Gasteiger partial charge in [0.15, 0.2) is 0 Å². The average molecular weight is 223 g/mol. The number of unbranched alkanes of at least 4 members (excludes halogenated alkanes) is 1. The molecule has 0 aliphatic heterocycles.